The van der Waals surface area contributed by atoms with Crippen LogP contribution in [0.3, 0.4) is 0 Å². The summed E-state index contributed by atoms with van der Waals surface area (Å²) in [5.41, 5.74) is 4.11. The third-order valence-corrected chi connectivity index (χ3v) is 11.2. The van der Waals surface area contributed by atoms with Gasteiger partial charge < -0.3 is 15.5 Å². The lowest BCUT2D eigenvalue weighted by Crippen LogP contribution is -2.47. The summed E-state index contributed by atoms with van der Waals surface area (Å²) in [4.78, 5) is 69.7. The van der Waals surface area contributed by atoms with Crippen molar-refractivity contribution in [2.75, 3.05) is 11.9 Å². The minimum atomic E-state index is -0.760. The molecular weight excluding hydrogens is 712 g/mol. The molecule has 2 aliphatic heterocycles. The molecule has 0 unspecified atom stereocenters. The lowest BCUT2D eigenvalue weighted by atomic mass is 9.98. The summed E-state index contributed by atoms with van der Waals surface area (Å²) in [5, 5.41) is 11.6. The molecule has 2 bridgehead atoms. The average molecular weight is 752 g/mol. The molecule has 262 valence electrons. The van der Waals surface area contributed by atoms with Gasteiger partial charge in [-0.3, -0.25) is 23.9 Å². The fourth-order valence-corrected chi connectivity index (χ4v) is 8.17. The highest BCUT2D eigenvalue weighted by molar-refractivity contribution is 9.10. The van der Waals surface area contributed by atoms with Gasteiger partial charge in [-0.2, -0.15) is 5.10 Å². The van der Waals surface area contributed by atoms with Crippen LogP contribution in [0.25, 0.3) is 22.0 Å². The minimum absolute atomic E-state index is 0.0300. The smallest absolute Gasteiger partial charge is 0.248 e. The Kier molecular flexibility index (Phi) is 8.56. The molecule has 4 aromatic rings. The van der Waals surface area contributed by atoms with E-state index in [1.165, 1.54) is 6.92 Å². The molecule has 3 atom stereocenters. The number of hydrogen-bond donors (Lipinski definition) is 2. The zero-order valence-electron chi connectivity index (χ0n) is 28.6. The summed E-state index contributed by atoms with van der Waals surface area (Å²) < 4.78 is 2.25. The van der Waals surface area contributed by atoms with Crippen molar-refractivity contribution in [2.45, 2.75) is 89.8 Å². The van der Waals surface area contributed by atoms with E-state index in [1.807, 2.05) is 31.2 Å². The van der Waals surface area contributed by atoms with Gasteiger partial charge in [-0.05, 0) is 109 Å². The number of amides is 3. The van der Waals surface area contributed by atoms with Crippen LogP contribution in [0.15, 0.2) is 53.4 Å². The summed E-state index contributed by atoms with van der Waals surface area (Å²) >= 11 is 3.45. The first kappa shape index (κ1) is 33.4. The lowest BCUT2D eigenvalue weighted by Gasteiger charge is -2.27. The average Bonchev–Trinajstić information content (AvgIpc) is 4.01. The fourth-order valence-electron chi connectivity index (χ4n) is 7.86. The number of nitrogens with zero attached hydrogens (tertiary/aromatic N) is 6. The maximum atomic E-state index is 14.5. The number of carbonyl (C=O) groups is 4. The molecule has 13 heteroatoms. The summed E-state index contributed by atoms with van der Waals surface area (Å²) in [6.07, 6.45) is 13.2. The highest BCUT2D eigenvalue weighted by Crippen LogP contribution is 2.59. The van der Waals surface area contributed by atoms with Crippen molar-refractivity contribution in [3.05, 3.63) is 76.1 Å². The molecule has 0 radical (unpaired) electrons. The molecule has 3 amide bonds. The van der Waals surface area contributed by atoms with E-state index in [1.54, 1.807) is 22.0 Å². The van der Waals surface area contributed by atoms with Gasteiger partial charge in [0.05, 0.1) is 5.52 Å². The molecule has 12 nitrogen and oxygen atoms in total. The Hall–Kier alpha value is -4.78. The number of carbonyl (C=O) groups excluding carboxylic acids is 4. The SMILES string of the molecule is CC(=O)c1nn2c3c(cc(-c4cnc(C)nc4)cc13)CC=CCCCC(=O)NC[C@@]13C[C@@H](C(=O)Nc4nc(Br)ccc4C4CC4)N(C(=O)C2)[C@@H]1C3. The van der Waals surface area contributed by atoms with Crippen molar-refractivity contribution in [2.24, 2.45) is 5.41 Å². The van der Waals surface area contributed by atoms with Crippen LogP contribution in [-0.4, -0.2) is 71.8 Å². The van der Waals surface area contributed by atoms with Gasteiger partial charge >= 0.3 is 0 Å². The molecule has 2 saturated carbocycles. The van der Waals surface area contributed by atoms with Crippen LogP contribution in [0.5, 0.6) is 0 Å². The summed E-state index contributed by atoms with van der Waals surface area (Å²) in [5.74, 6) is 0.716. The van der Waals surface area contributed by atoms with E-state index < -0.39 is 11.5 Å². The van der Waals surface area contributed by atoms with Crippen molar-refractivity contribution in [3.8, 4) is 11.1 Å². The first-order valence-corrected chi connectivity index (χ1v) is 18.4. The summed E-state index contributed by atoms with van der Waals surface area (Å²) in [6, 6.07) is 6.86. The number of aryl methyl sites for hydroxylation is 1. The Labute approximate surface area is 303 Å². The number of Topliss-reactive ketones (excluding diaryl/α,β-unsaturated/α-hetero) is 1. The lowest BCUT2D eigenvalue weighted by molar-refractivity contribution is -0.138. The monoisotopic (exact) mass is 750 g/mol. The zero-order valence-corrected chi connectivity index (χ0v) is 30.2. The summed E-state index contributed by atoms with van der Waals surface area (Å²) in [6.45, 7) is 3.55. The van der Waals surface area contributed by atoms with Crippen LogP contribution in [0, 0.1) is 12.3 Å². The van der Waals surface area contributed by atoms with Crippen molar-refractivity contribution >= 4 is 56.2 Å². The number of benzene rings is 1. The number of nitrogens with one attached hydrogen (secondary N) is 2. The third kappa shape index (κ3) is 6.47. The topological polar surface area (TPSA) is 152 Å². The number of pyridine rings is 1. The molecule has 2 aliphatic carbocycles. The number of allylic oxidation sites excluding steroid dienone is 2. The second-order valence-electron chi connectivity index (χ2n) is 14.4. The highest BCUT2D eigenvalue weighted by Gasteiger charge is 2.67. The van der Waals surface area contributed by atoms with Gasteiger partial charge in [0.1, 0.15) is 34.5 Å². The second kappa shape index (κ2) is 13.1. The van der Waals surface area contributed by atoms with E-state index in [9.17, 15) is 19.2 Å². The molecule has 1 aromatic carbocycles. The number of rotatable bonds is 5. The van der Waals surface area contributed by atoms with Crippen LogP contribution in [-0.2, 0) is 27.3 Å². The predicted octanol–water partition coefficient (Wildman–Crippen LogP) is 5.44. The van der Waals surface area contributed by atoms with Gasteiger partial charge in [0, 0.05) is 54.7 Å². The Balaban J connectivity index is 1.19. The van der Waals surface area contributed by atoms with Gasteiger partial charge in [0.2, 0.25) is 17.7 Å². The standard InChI is InChI=1S/C38H39BrN8O4/c1-21(48)34-28-14-25(26-17-40-22(2)41-18-26)13-24-7-5-3-4-6-8-32(49)42-20-38-15-29(47(30(38)16-38)33(50)19-46(45-34)35(24)28)37(51)44-36-27(23-9-10-23)11-12-31(39)43-36/h3,5,11-14,17-18,23,29-30H,4,6-10,15-16,19-20H2,1-2H3,(H,42,49)(H,43,44,51)/t29-,30+,38-/m0/s1. The van der Waals surface area contributed by atoms with E-state index in [2.05, 4.69) is 53.7 Å². The largest absolute Gasteiger partial charge is 0.355 e. The van der Waals surface area contributed by atoms with E-state index in [0.717, 1.165) is 41.5 Å². The Morgan fingerprint density at radius 3 is 2.63 bits per heavy atom. The molecule has 0 spiro atoms. The Bertz CT molecular complexity index is 2120. The van der Waals surface area contributed by atoms with Crippen molar-refractivity contribution in [1.29, 1.82) is 0 Å². The molecule has 8 rings (SSSR count). The zero-order chi connectivity index (χ0) is 35.4. The van der Waals surface area contributed by atoms with Crippen LogP contribution in [0.2, 0.25) is 0 Å². The molecule has 51 heavy (non-hydrogen) atoms. The van der Waals surface area contributed by atoms with E-state index in [0.29, 0.717) is 71.7 Å². The number of ketones is 1. The number of anilines is 1. The molecule has 3 fully saturated rings. The van der Waals surface area contributed by atoms with Crippen LogP contribution < -0.4 is 10.6 Å². The van der Waals surface area contributed by atoms with Crippen molar-refractivity contribution in [3.63, 3.8) is 0 Å². The third-order valence-electron chi connectivity index (χ3n) is 10.7. The van der Waals surface area contributed by atoms with E-state index in [4.69, 9.17) is 5.10 Å². The number of halogens is 1. The fraction of sp³-hybridized carbons (Fsp3) is 0.421. The molecule has 4 aliphatic rings. The highest BCUT2D eigenvalue weighted by atomic mass is 79.9. The van der Waals surface area contributed by atoms with Crippen LogP contribution in [0.1, 0.15) is 85.2 Å². The Morgan fingerprint density at radius 2 is 1.86 bits per heavy atom. The van der Waals surface area contributed by atoms with E-state index in [-0.39, 0.29) is 41.8 Å². The van der Waals surface area contributed by atoms with Crippen LogP contribution >= 0.6 is 15.9 Å². The minimum Gasteiger partial charge on any atom is -0.355 e. The molecule has 5 heterocycles. The molecular formula is C38H39BrN8O4. The van der Waals surface area contributed by atoms with Gasteiger partial charge in [-0.25, -0.2) is 15.0 Å². The maximum absolute atomic E-state index is 14.5. The quantitative estimate of drug-likeness (QED) is 0.156. The van der Waals surface area contributed by atoms with Gasteiger partial charge in [-0.1, -0.05) is 18.2 Å². The Morgan fingerprint density at radius 1 is 1.06 bits per heavy atom. The molecule has 2 N–H and O–H groups in total. The maximum Gasteiger partial charge on any atom is 0.248 e. The van der Waals surface area contributed by atoms with Crippen LogP contribution in [0.4, 0.5) is 5.82 Å². The molecule has 3 aromatic heterocycles. The summed E-state index contributed by atoms with van der Waals surface area (Å²) in [7, 11) is 0. The first-order chi connectivity index (χ1) is 24.6. The number of hydrogen-bond acceptors (Lipinski definition) is 8. The number of aromatic nitrogens is 5. The van der Waals surface area contributed by atoms with Gasteiger partial charge in [-0.15, -0.1) is 0 Å². The van der Waals surface area contributed by atoms with Crippen molar-refractivity contribution < 1.29 is 19.2 Å². The molecule has 1 saturated heterocycles. The van der Waals surface area contributed by atoms with Gasteiger partial charge in [0.25, 0.3) is 0 Å². The van der Waals surface area contributed by atoms with E-state index >= 15 is 0 Å². The predicted molar refractivity (Wildman–Crippen MR) is 194 cm³/mol. The van der Waals surface area contributed by atoms with Crippen molar-refractivity contribution in [1.82, 2.24) is 34.9 Å². The normalized spacial score (nSPS) is 23.5. The number of piperidine rings is 1. The second-order valence-corrected chi connectivity index (χ2v) is 15.2. The first-order valence-electron chi connectivity index (χ1n) is 17.6. The van der Waals surface area contributed by atoms with Gasteiger partial charge in [0.15, 0.2) is 5.78 Å².